The average Bonchev–Trinajstić information content (AvgIpc) is 3.25. The fraction of sp³-hybridized carbons (Fsp3) is 0.421. The van der Waals surface area contributed by atoms with Crippen molar-refractivity contribution in [1.82, 2.24) is 8.87 Å². The molecule has 1 aromatic carbocycles. The van der Waals surface area contributed by atoms with Crippen LogP contribution in [0.4, 0.5) is 0 Å². The van der Waals surface area contributed by atoms with Gasteiger partial charge in [-0.2, -0.15) is 4.31 Å². The van der Waals surface area contributed by atoms with Crippen molar-refractivity contribution in [3.05, 3.63) is 52.8 Å². The normalized spacial score (nSPS) is 15.3. The van der Waals surface area contributed by atoms with Crippen molar-refractivity contribution in [3.63, 3.8) is 0 Å². The van der Waals surface area contributed by atoms with E-state index in [0.717, 1.165) is 29.5 Å². The number of ether oxygens (including phenoxy) is 1. The van der Waals surface area contributed by atoms with Gasteiger partial charge in [-0.25, -0.2) is 13.2 Å². The number of carbonyl (C=O) groups excluding carboxylic acids is 1. The van der Waals surface area contributed by atoms with Gasteiger partial charge in [-0.3, -0.25) is 0 Å². The zero-order valence-electron chi connectivity index (χ0n) is 15.4. The molecule has 26 heavy (non-hydrogen) atoms. The van der Waals surface area contributed by atoms with E-state index in [1.807, 2.05) is 32.0 Å². The second kappa shape index (κ2) is 7.25. The van der Waals surface area contributed by atoms with Crippen LogP contribution in [-0.2, 0) is 28.4 Å². The zero-order chi connectivity index (χ0) is 18.9. The van der Waals surface area contributed by atoms with Crippen LogP contribution in [-0.4, -0.2) is 36.3 Å². The minimum Gasteiger partial charge on any atom is -0.456 e. The number of aromatic nitrogens is 1. The minimum atomic E-state index is -3.55. The first-order valence-electron chi connectivity index (χ1n) is 8.69. The van der Waals surface area contributed by atoms with Crippen LogP contribution in [0.5, 0.6) is 0 Å². The molecule has 0 N–H and O–H groups in total. The lowest BCUT2D eigenvalue weighted by Crippen LogP contribution is -2.27. The predicted octanol–water partition coefficient (Wildman–Crippen LogP) is 2.78. The Balaban J connectivity index is 1.76. The summed E-state index contributed by atoms with van der Waals surface area (Å²) >= 11 is 0. The van der Waals surface area contributed by atoms with Crippen molar-refractivity contribution in [1.29, 1.82) is 0 Å². The van der Waals surface area contributed by atoms with Gasteiger partial charge in [-0.1, -0.05) is 23.8 Å². The summed E-state index contributed by atoms with van der Waals surface area (Å²) in [7, 11) is -1.90. The summed E-state index contributed by atoms with van der Waals surface area (Å²) in [5, 5.41) is 0. The summed E-state index contributed by atoms with van der Waals surface area (Å²) in [6.45, 7) is 5.17. The number of hydrogen-bond acceptors (Lipinski definition) is 4. The summed E-state index contributed by atoms with van der Waals surface area (Å²) in [4.78, 5) is 12.6. The Bertz CT molecular complexity index is 925. The predicted molar refractivity (Wildman–Crippen MR) is 98.4 cm³/mol. The molecule has 0 aliphatic carbocycles. The van der Waals surface area contributed by atoms with E-state index in [2.05, 4.69) is 0 Å². The Morgan fingerprint density at radius 3 is 2.54 bits per heavy atom. The maximum atomic E-state index is 12.6. The van der Waals surface area contributed by atoms with E-state index in [0.29, 0.717) is 13.1 Å². The number of nitrogens with zero attached hydrogens (tertiary/aromatic N) is 2. The third kappa shape index (κ3) is 3.68. The van der Waals surface area contributed by atoms with Crippen LogP contribution in [0.1, 0.15) is 40.0 Å². The Kier molecular flexibility index (Phi) is 5.20. The van der Waals surface area contributed by atoms with Crippen molar-refractivity contribution in [2.24, 2.45) is 7.05 Å². The van der Waals surface area contributed by atoms with Gasteiger partial charge in [0.25, 0.3) is 0 Å². The second-order valence-electron chi connectivity index (χ2n) is 6.79. The van der Waals surface area contributed by atoms with Crippen LogP contribution >= 0.6 is 0 Å². The second-order valence-corrected chi connectivity index (χ2v) is 8.73. The largest absolute Gasteiger partial charge is 0.456 e. The summed E-state index contributed by atoms with van der Waals surface area (Å²) in [5.41, 5.74) is 3.32. The molecule has 1 aromatic heterocycles. The molecule has 7 heteroatoms. The lowest BCUT2D eigenvalue weighted by Gasteiger charge is -2.13. The van der Waals surface area contributed by atoms with E-state index in [1.165, 1.54) is 21.1 Å². The fourth-order valence-corrected chi connectivity index (χ4v) is 4.72. The molecule has 0 amide bonds. The number of sulfonamides is 1. The molecule has 1 saturated heterocycles. The van der Waals surface area contributed by atoms with Crippen LogP contribution in [0.15, 0.2) is 35.4 Å². The van der Waals surface area contributed by atoms with Gasteiger partial charge in [0.1, 0.15) is 17.2 Å². The summed E-state index contributed by atoms with van der Waals surface area (Å²) in [5.74, 6) is -0.531. The third-order valence-electron chi connectivity index (χ3n) is 4.76. The molecule has 3 rings (SSSR count). The van der Waals surface area contributed by atoms with E-state index in [1.54, 1.807) is 7.05 Å². The lowest BCUT2D eigenvalue weighted by molar-refractivity contribution is 0.0461. The monoisotopic (exact) mass is 376 g/mol. The molecule has 0 atom stereocenters. The summed E-state index contributed by atoms with van der Waals surface area (Å²) in [6.07, 6.45) is 3.22. The summed E-state index contributed by atoms with van der Waals surface area (Å²) in [6, 6.07) is 7.38. The van der Waals surface area contributed by atoms with Crippen molar-refractivity contribution in [2.45, 2.75) is 38.2 Å². The van der Waals surface area contributed by atoms with Crippen LogP contribution in [0.2, 0.25) is 0 Å². The minimum absolute atomic E-state index is 0.139. The molecular weight excluding hydrogens is 352 g/mol. The first-order chi connectivity index (χ1) is 12.3. The number of aryl methyl sites for hydroxylation is 3. The van der Waals surface area contributed by atoms with Crippen LogP contribution < -0.4 is 0 Å². The van der Waals surface area contributed by atoms with Crippen LogP contribution in [0.25, 0.3) is 0 Å². The molecule has 1 aliphatic heterocycles. The first-order valence-corrected chi connectivity index (χ1v) is 10.1. The molecule has 2 heterocycles. The molecule has 1 aliphatic rings. The first kappa shape index (κ1) is 18.7. The Labute approximate surface area is 154 Å². The molecular formula is C19H24N2O4S. The molecule has 6 nitrogen and oxygen atoms in total. The van der Waals surface area contributed by atoms with Crippen LogP contribution in [0, 0.1) is 13.8 Å². The van der Waals surface area contributed by atoms with Gasteiger partial charge >= 0.3 is 5.97 Å². The molecule has 0 saturated carbocycles. The number of esters is 1. The van der Waals surface area contributed by atoms with E-state index < -0.39 is 16.0 Å². The highest BCUT2D eigenvalue weighted by Crippen LogP contribution is 2.23. The van der Waals surface area contributed by atoms with Gasteiger partial charge in [0, 0.05) is 26.3 Å². The zero-order valence-corrected chi connectivity index (χ0v) is 16.2. The number of rotatable bonds is 5. The van der Waals surface area contributed by atoms with Crippen molar-refractivity contribution < 1.29 is 17.9 Å². The van der Waals surface area contributed by atoms with Gasteiger partial charge in [0.15, 0.2) is 0 Å². The number of carbonyl (C=O) groups is 1. The maximum absolute atomic E-state index is 12.6. The van der Waals surface area contributed by atoms with Gasteiger partial charge in [-0.15, -0.1) is 0 Å². The third-order valence-corrected chi connectivity index (χ3v) is 6.62. The van der Waals surface area contributed by atoms with E-state index in [9.17, 15) is 13.2 Å². The molecule has 1 fully saturated rings. The molecule has 0 radical (unpaired) electrons. The highest BCUT2D eigenvalue weighted by Gasteiger charge is 2.29. The molecule has 0 spiro atoms. The van der Waals surface area contributed by atoms with Crippen molar-refractivity contribution in [2.75, 3.05) is 13.1 Å². The molecule has 0 unspecified atom stereocenters. The van der Waals surface area contributed by atoms with E-state index >= 15 is 0 Å². The van der Waals surface area contributed by atoms with Gasteiger partial charge in [0.2, 0.25) is 10.0 Å². The topological polar surface area (TPSA) is 68.6 Å². The van der Waals surface area contributed by atoms with Crippen molar-refractivity contribution >= 4 is 16.0 Å². The van der Waals surface area contributed by atoms with E-state index in [4.69, 9.17) is 4.74 Å². The molecule has 2 aromatic rings. The van der Waals surface area contributed by atoms with E-state index in [-0.39, 0.29) is 17.2 Å². The van der Waals surface area contributed by atoms with Gasteiger partial charge in [0.05, 0.1) is 0 Å². The smallest absolute Gasteiger partial charge is 0.355 e. The molecule has 140 valence electrons. The van der Waals surface area contributed by atoms with Gasteiger partial charge < -0.3 is 9.30 Å². The number of hydrogen-bond donors (Lipinski definition) is 0. The standard InChI is InChI=1S/C19H24N2O4S/c1-14-6-7-15(2)16(10-14)13-25-19(22)18-11-17(12-20(18)3)26(23,24)21-8-4-5-9-21/h6-7,10-12H,4-5,8-9,13H2,1-3H3. The van der Waals surface area contributed by atoms with Gasteiger partial charge in [-0.05, 0) is 43.9 Å². The fourth-order valence-electron chi connectivity index (χ4n) is 3.13. The lowest BCUT2D eigenvalue weighted by atomic mass is 10.1. The molecule has 0 bridgehead atoms. The average molecular weight is 376 g/mol. The number of benzene rings is 1. The van der Waals surface area contributed by atoms with Crippen molar-refractivity contribution in [3.8, 4) is 0 Å². The quantitative estimate of drug-likeness (QED) is 0.753. The Morgan fingerprint density at radius 2 is 1.85 bits per heavy atom. The summed E-state index contributed by atoms with van der Waals surface area (Å²) < 4.78 is 33.7. The maximum Gasteiger partial charge on any atom is 0.355 e. The highest BCUT2D eigenvalue weighted by atomic mass is 32.2. The Morgan fingerprint density at radius 1 is 1.15 bits per heavy atom. The Hall–Kier alpha value is -2.12. The SMILES string of the molecule is Cc1ccc(C)c(COC(=O)c2cc(S(=O)(=O)N3CCCC3)cn2C)c1. The van der Waals surface area contributed by atoms with Crippen LogP contribution in [0.3, 0.4) is 0 Å². The highest BCUT2D eigenvalue weighted by molar-refractivity contribution is 7.89.